The van der Waals surface area contributed by atoms with Crippen LogP contribution in [0.3, 0.4) is 0 Å². The molecule has 0 radical (unpaired) electrons. The zero-order valence-corrected chi connectivity index (χ0v) is 14.8. The standard InChI is InChI=1S/C20H21N3O4/c1-12(24)9-15(13-5-3-2-4-6-13)11-21-19(25)14-7-8-17-16(10-14)18(20(26)27)23-22-17/h2-8,10,12,15,24H,9,11H2,1H3,(H,21,25)(H,22,23)(H,26,27). The number of carbonyl (C=O) groups excluding carboxylic acids is 1. The number of nitrogens with one attached hydrogen (secondary N) is 2. The normalized spacial score (nSPS) is 13.3. The summed E-state index contributed by atoms with van der Waals surface area (Å²) in [5, 5.41) is 28.6. The Morgan fingerprint density at radius 2 is 1.93 bits per heavy atom. The molecular weight excluding hydrogens is 346 g/mol. The predicted molar refractivity (Wildman–Crippen MR) is 101 cm³/mol. The Labute approximate surface area is 156 Å². The number of carbonyl (C=O) groups is 2. The smallest absolute Gasteiger partial charge is 0.357 e. The molecule has 0 bridgehead atoms. The number of carboxylic acid groups (broad SMARTS) is 1. The summed E-state index contributed by atoms with van der Waals surface area (Å²) in [5.41, 5.74) is 1.84. The molecule has 1 aromatic heterocycles. The summed E-state index contributed by atoms with van der Waals surface area (Å²) >= 11 is 0. The Morgan fingerprint density at radius 1 is 1.19 bits per heavy atom. The van der Waals surface area contributed by atoms with Gasteiger partial charge in [-0.25, -0.2) is 4.79 Å². The van der Waals surface area contributed by atoms with E-state index in [1.165, 1.54) is 6.07 Å². The van der Waals surface area contributed by atoms with E-state index in [4.69, 9.17) is 0 Å². The van der Waals surface area contributed by atoms with E-state index < -0.39 is 12.1 Å². The first kappa shape index (κ1) is 18.6. The van der Waals surface area contributed by atoms with Crippen LogP contribution in [0, 0.1) is 0 Å². The minimum atomic E-state index is -1.15. The molecule has 7 heteroatoms. The second-order valence-electron chi connectivity index (χ2n) is 6.54. The maximum atomic E-state index is 12.6. The molecule has 0 saturated heterocycles. The van der Waals surface area contributed by atoms with Crippen LogP contribution in [0.5, 0.6) is 0 Å². The Bertz CT molecular complexity index is 950. The Hall–Kier alpha value is -3.19. The summed E-state index contributed by atoms with van der Waals surface area (Å²) in [6.45, 7) is 2.08. The summed E-state index contributed by atoms with van der Waals surface area (Å²) in [6, 6.07) is 14.5. The van der Waals surface area contributed by atoms with Crippen molar-refractivity contribution in [1.29, 1.82) is 0 Å². The first-order chi connectivity index (χ1) is 13.0. The van der Waals surface area contributed by atoms with Gasteiger partial charge >= 0.3 is 5.97 Å². The van der Waals surface area contributed by atoms with Crippen molar-refractivity contribution in [3.8, 4) is 0 Å². The van der Waals surface area contributed by atoms with E-state index in [0.717, 1.165) is 5.56 Å². The van der Waals surface area contributed by atoms with Gasteiger partial charge in [0.15, 0.2) is 5.69 Å². The van der Waals surface area contributed by atoms with Gasteiger partial charge in [-0.3, -0.25) is 9.89 Å². The van der Waals surface area contributed by atoms with E-state index in [1.54, 1.807) is 19.1 Å². The molecule has 2 atom stereocenters. The quantitative estimate of drug-likeness (QED) is 0.512. The fraction of sp³-hybridized carbons (Fsp3) is 0.250. The van der Waals surface area contributed by atoms with Gasteiger partial charge in [-0.15, -0.1) is 0 Å². The van der Waals surface area contributed by atoms with Gasteiger partial charge in [-0.2, -0.15) is 5.10 Å². The molecule has 0 aliphatic carbocycles. The van der Waals surface area contributed by atoms with E-state index in [-0.39, 0.29) is 17.5 Å². The Morgan fingerprint density at radius 3 is 2.59 bits per heavy atom. The van der Waals surface area contributed by atoms with Crippen LogP contribution in [-0.2, 0) is 0 Å². The zero-order valence-electron chi connectivity index (χ0n) is 14.8. The number of aliphatic hydroxyl groups is 1. The molecule has 7 nitrogen and oxygen atoms in total. The molecule has 1 heterocycles. The molecule has 0 fully saturated rings. The number of hydrogen-bond acceptors (Lipinski definition) is 4. The lowest BCUT2D eigenvalue weighted by molar-refractivity contribution is 0.0692. The monoisotopic (exact) mass is 367 g/mol. The van der Waals surface area contributed by atoms with Crippen molar-refractivity contribution >= 4 is 22.8 Å². The molecule has 2 unspecified atom stereocenters. The van der Waals surface area contributed by atoms with Crippen LogP contribution in [0.4, 0.5) is 0 Å². The summed E-state index contributed by atoms with van der Waals surface area (Å²) < 4.78 is 0. The first-order valence-corrected chi connectivity index (χ1v) is 8.68. The van der Waals surface area contributed by atoms with Crippen molar-refractivity contribution in [2.24, 2.45) is 0 Å². The highest BCUT2D eigenvalue weighted by Crippen LogP contribution is 2.21. The summed E-state index contributed by atoms with van der Waals surface area (Å²) in [4.78, 5) is 23.8. The number of carboxylic acids is 1. The maximum absolute atomic E-state index is 12.6. The minimum absolute atomic E-state index is 0.0256. The van der Waals surface area contributed by atoms with Crippen LogP contribution in [0.2, 0.25) is 0 Å². The molecule has 27 heavy (non-hydrogen) atoms. The summed E-state index contributed by atoms with van der Waals surface area (Å²) in [7, 11) is 0. The number of aromatic carboxylic acids is 1. The number of aromatic nitrogens is 2. The zero-order chi connectivity index (χ0) is 19.4. The van der Waals surface area contributed by atoms with E-state index in [1.807, 2.05) is 30.3 Å². The molecule has 3 aromatic rings. The number of H-pyrrole nitrogens is 1. The van der Waals surface area contributed by atoms with E-state index in [2.05, 4.69) is 15.5 Å². The van der Waals surface area contributed by atoms with Gasteiger partial charge in [-0.1, -0.05) is 30.3 Å². The second kappa shape index (κ2) is 8.01. The van der Waals surface area contributed by atoms with Gasteiger partial charge in [0.1, 0.15) is 0 Å². The molecule has 0 aliphatic rings. The highest BCUT2D eigenvalue weighted by atomic mass is 16.4. The number of hydrogen-bond donors (Lipinski definition) is 4. The lowest BCUT2D eigenvalue weighted by Crippen LogP contribution is -2.29. The first-order valence-electron chi connectivity index (χ1n) is 8.68. The number of nitrogens with zero attached hydrogens (tertiary/aromatic N) is 1. The fourth-order valence-electron chi connectivity index (χ4n) is 3.11. The largest absolute Gasteiger partial charge is 0.476 e. The van der Waals surface area contributed by atoms with Crippen molar-refractivity contribution in [1.82, 2.24) is 15.5 Å². The Kier molecular flexibility index (Phi) is 5.52. The molecule has 140 valence electrons. The van der Waals surface area contributed by atoms with Crippen LogP contribution in [0.1, 0.15) is 45.7 Å². The van der Waals surface area contributed by atoms with Crippen LogP contribution >= 0.6 is 0 Å². The van der Waals surface area contributed by atoms with Gasteiger partial charge in [0.25, 0.3) is 5.91 Å². The van der Waals surface area contributed by atoms with Crippen molar-refractivity contribution in [3.05, 3.63) is 65.4 Å². The summed E-state index contributed by atoms with van der Waals surface area (Å²) in [6.07, 6.45) is 0.0290. The predicted octanol–water partition coefficient (Wildman–Crippen LogP) is 2.55. The molecule has 1 amide bonds. The number of rotatable bonds is 7. The van der Waals surface area contributed by atoms with Crippen molar-refractivity contribution < 1.29 is 19.8 Å². The van der Waals surface area contributed by atoms with Gasteiger partial charge in [0.2, 0.25) is 0 Å². The van der Waals surface area contributed by atoms with Crippen molar-refractivity contribution in [3.63, 3.8) is 0 Å². The molecule has 0 saturated carbocycles. The summed E-state index contributed by atoms with van der Waals surface area (Å²) in [5.74, 6) is -1.48. The second-order valence-corrected chi connectivity index (χ2v) is 6.54. The third kappa shape index (κ3) is 4.32. The van der Waals surface area contributed by atoms with Crippen LogP contribution in [0.15, 0.2) is 48.5 Å². The number of benzene rings is 2. The number of aliphatic hydroxyl groups excluding tert-OH is 1. The molecule has 3 rings (SSSR count). The van der Waals surface area contributed by atoms with Gasteiger partial charge in [0.05, 0.1) is 11.6 Å². The molecule has 0 spiro atoms. The van der Waals surface area contributed by atoms with E-state index in [0.29, 0.717) is 29.4 Å². The van der Waals surface area contributed by atoms with Gasteiger partial charge < -0.3 is 15.5 Å². The van der Waals surface area contributed by atoms with Gasteiger partial charge in [0, 0.05) is 23.4 Å². The fourth-order valence-corrected chi connectivity index (χ4v) is 3.11. The highest BCUT2D eigenvalue weighted by molar-refractivity contribution is 6.04. The number of fused-ring (bicyclic) bond motifs is 1. The maximum Gasteiger partial charge on any atom is 0.357 e. The van der Waals surface area contributed by atoms with Crippen LogP contribution in [-0.4, -0.2) is 44.9 Å². The van der Waals surface area contributed by atoms with Gasteiger partial charge in [-0.05, 0) is 37.1 Å². The molecule has 2 aromatic carbocycles. The van der Waals surface area contributed by atoms with E-state index >= 15 is 0 Å². The number of amides is 1. The van der Waals surface area contributed by atoms with Crippen molar-refractivity contribution in [2.45, 2.75) is 25.4 Å². The number of aromatic amines is 1. The van der Waals surface area contributed by atoms with E-state index in [9.17, 15) is 19.8 Å². The topological polar surface area (TPSA) is 115 Å². The van der Waals surface area contributed by atoms with Crippen LogP contribution in [0.25, 0.3) is 10.9 Å². The lowest BCUT2D eigenvalue weighted by atomic mass is 9.93. The molecule has 4 N–H and O–H groups in total. The lowest BCUT2D eigenvalue weighted by Gasteiger charge is -2.19. The van der Waals surface area contributed by atoms with Crippen LogP contribution < -0.4 is 5.32 Å². The van der Waals surface area contributed by atoms with Crippen molar-refractivity contribution in [2.75, 3.05) is 6.54 Å². The molecular formula is C20H21N3O4. The molecule has 0 aliphatic heterocycles. The third-order valence-electron chi connectivity index (χ3n) is 4.43. The average Bonchev–Trinajstić information content (AvgIpc) is 3.08. The SMILES string of the molecule is CC(O)CC(CNC(=O)c1ccc2[nH]nc(C(=O)O)c2c1)c1ccccc1. The Balaban J connectivity index is 1.76. The minimum Gasteiger partial charge on any atom is -0.476 e. The third-order valence-corrected chi connectivity index (χ3v) is 4.43. The highest BCUT2D eigenvalue weighted by Gasteiger charge is 2.18. The average molecular weight is 367 g/mol.